The molecular formula is C21H19Cl2FN2O3. The van der Waals surface area contributed by atoms with Gasteiger partial charge in [-0.25, -0.2) is 9.37 Å². The number of nitrogens with two attached hydrogens (primary N) is 1. The van der Waals surface area contributed by atoms with Gasteiger partial charge in [-0.15, -0.1) is 12.4 Å². The highest BCUT2D eigenvalue weighted by atomic mass is 35.5. The molecule has 5 nitrogen and oxygen atoms in total. The molecule has 0 aliphatic rings. The number of pyridine rings is 1. The minimum absolute atomic E-state index is 0. The first kappa shape index (κ1) is 22.6. The molecule has 29 heavy (non-hydrogen) atoms. The van der Waals surface area contributed by atoms with E-state index in [1.165, 1.54) is 6.20 Å². The Kier molecular flexibility index (Phi) is 7.96. The van der Waals surface area contributed by atoms with Crippen molar-refractivity contribution in [1.29, 1.82) is 0 Å². The van der Waals surface area contributed by atoms with Gasteiger partial charge in [0.25, 0.3) is 5.88 Å². The fraction of sp³-hybridized carbons (Fsp3) is 0.143. The van der Waals surface area contributed by atoms with Gasteiger partial charge in [-0.05, 0) is 41.3 Å². The Morgan fingerprint density at radius 3 is 2.55 bits per heavy atom. The third-order valence-corrected chi connectivity index (χ3v) is 4.24. The molecular weight excluding hydrogens is 418 g/mol. The summed E-state index contributed by atoms with van der Waals surface area (Å²) in [7, 11) is 0. The molecule has 152 valence electrons. The van der Waals surface area contributed by atoms with E-state index in [2.05, 4.69) is 4.98 Å². The zero-order chi connectivity index (χ0) is 20.1. The first-order chi connectivity index (χ1) is 13.4. The lowest BCUT2D eigenvalue weighted by molar-refractivity contribution is -0.137. The number of hydrogen-bond acceptors (Lipinski definition) is 4. The van der Waals surface area contributed by atoms with E-state index in [0.29, 0.717) is 12.2 Å². The summed E-state index contributed by atoms with van der Waals surface area (Å²) < 4.78 is 19.2. The third kappa shape index (κ3) is 6.42. The lowest BCUT2D eigenvalue weighted by Gasteiger charge is -2.11. The molecule has 0 spiro atoms. The quantitative estimate of drug-likeness (QED) is 0.537. The molecule has 0 saturated carbocycles. The molecule has 0 radical (unpaired) electrons. The van der Waals surface area contributed by atoms with Crippen LogP contribution in [0.2, 0.25) is 5.02 Å². The van der Waals surface area contributed by atoms with Crippen molar-refractivity contribution in [2.24, 2.45) is 5.73 Å². The van der Waals surface area contributed by atoms with Gasteiger partial charge in [0, 0.05) is 12.2 Å². The van der Waals surface area contributed by atoms with Crippen LogP contribution in [0.5, 0.6) is 11.6 Å². The van der Waals surface area contributed by atoms with Crippen molar-refractivity contribution in [3.63, 3.8) is 0 Å². The SMILES string of the molecule is Cl.N[C@@H](CC(=O)O)Cc1cccc(-c2ccc(Oc3ncc(Cl)cc3F)cc2)c1. The fourth-order valence-electron chi connectivity index (χ4n) is 2.78. The van der Waals surface area contributed by atoms with Crippen LogP contribution in [0.1, 0.15) is 12.0 Å². The summed E-state index contributed by atoms with van der Waals surface area (Å²) in [6.45, 7) is 0. The van der Waals surface area contributed by atoms with Crippen LogP contribution in [0.15, 0.2) is 60.8 Å². The van der Waals surface area contributed by atoms with E-state index < -0.39 is 17.8 Å². The Balaban J connectivity index is 0.00000300. The van der Waals surface area contributed by atoms with Crippen molar-refractivity contribution in [1.82, 2.24) is 4.98 Å². The number of carboxylic acids is 1. The van der Waals surface area contributed by atoms with E-state index in [9.17, 15) is 9.18 Å². The van der Waals surface area contributed by atoms with Crippen LogP contribution in [0.4, 0.5) is 4.39 Å². The van der Waals surface area contributed by atoms with Crippen molar-refractivity contribution in [3.8, 4) is 22.8 Å². The monoisotopic (exact) mass is 436 g/mol. The van der Waals surface area contributed by atoms with Crippen LogP contribution in [0.25, 0.3) is 11.1 Å². The van der Waals surface area contributed by atoms with Crippen LogP contribution in [-0.2, 0) is 11.2 Å². The number of carbonyl (C=O) groups is 1. The van der Waals surface area contributed by atoms with Crippen molar-refractivity contribution >= 4 is 30.0 Å². The zero-order valence-corrected chi connectivity index (χ0v) is 16.8. The second-order valence-corrected chi connectivity index (χ2v) is 6.77. The van der Waals surface area contributed by atoms with Crippen molar-refractivity contribution in [2.75, 3.05) is 0 Å². The van der Waals surface area contributed by atoms with Crippen LogP contribution in [0.3, 0.4) is 0 Å². The van der Waals surface area contributed by atoms with E-state index in [1.807, 2.05) is 36.4 Å². The molecule has 2 aromatic carbocycles. The predicted molar refractivity (Wildman–Crippen MR) is 112 cm³/mol. The molecule has 0 unspecified atom stereocenters. The number of aliphatic carboxylic acids is 1. The number of carboxylic acid groups (broad SMARTS) is 1. The van der Waals surface area contributed by atoms with E-state index >= 15 is 0 Å². The number of rotatable bonds is 7. The zero-order valence-electron chi connectivity index (χ0n) is 15.2. The molecule has 0 amide bonds. The summed E-state index contributed by atoms with van der Waals surface area (Å²) in [5, 5.41) is 9.03. The van der Waals surface area contributed by atoms with E-state index in [4.69, 9.17) is 27.2 Å². The number of benzene rings is 2. The number of halogens is 3. The van der Waals surface area contributed by atoms with Crippen molar-refractivity contribution < 1.29 is 19.0 Å². The molecule has 3 rings (SSSR count). The molecule has 3 aromatic rings. The second kappa shape index (κ2) is 10.2. The lowest BCUT2D eigenvalue weighted by atomic mass is 9.98. The maximum Gasteiger partial charge on any atom is 0.304 e. The molecule has 0 aliphatic heterocycles. The highest BCUT2D eigenvalue weighted by Gasteiger charge is 2.10. The van der Waals surface area contributed by atoms with Crippen molar-refractivity contribution in [3.05, 3.63) is 77.2 Å². The third-order valence-electron chi connectivity index (χ3n) is 4.04. The summed E-state index contributed by atoms with van der Waals surface area (Å²) in [5.41, 5.74) is 8.72. The average molecular weight is 437 g/mol. The molecule has 8 heteroatoms. The molecule has 3 N–H and O–H groups in total. The average Bonchev–Trinajstić information content (AvgIpc) is 2.64. The number of hydrogen-bond donors (Lipinski definition) is 2. The summed E-state index contributed by atoms with van der Waals surface area (Å²) in [6.07, 6.45) is 1.71. The van der Waals surface area contributed by atoms with Gasteiger partial charge in [-0.3, -0.25) is 4.79 Å². The molecule has 0 aliphatic carbocycles. The van der Waals surface area contributed by atoms with Gasteiger partial charge in [-0.2, -0.15) is 0 Å². The van der Waals surface area contributed by atoms with E-state index in [1.54, 1.807) is 12.1 Å². The van der Waals surface area contributed by atoms with E-state index in [0.717, 1.165) is 22.8 Å². The van der Waals surface area contributed by atoms with Crippen LogP contribution < -0.4 is 10.5 Å². The van der Waals surface area contributed by atoms with Gasteiger partial charge >= 0.3 is 5.97 Å². The van der Waals surface area contributed by atoms with Gasteiger partial charge < -0.3 is 15.6 Å². The molecule has 0 fully saturated rings. The van der Waals surface area contributed by atoms with Crippen LogP contribution in [0, 0.1) is 5.82 Å². The molecule has 1 heterocycles. The normalized spacial score (nSPS) is 11.4. The first-order valence-electron chi connectivity index (χ1n) is 8.56. The molecule has 1 atom stereocenters. The Morgan fingerprint density at radius 2 is 1.90 bits per heavy atom. The lowest BCUT2D eigenvalue weighted by Crippen LogP contribution is -2.26. The van der Waals surface area contributed by atoms with Gasteiger partial charge in [0.2, 0.25) is 0 Å². The highest BCUT2D eigenvalue weighted by Crippen LogP contribution is 2.27. The highest BCUT2D eigenvalue weighted by molar-refractivity contribution is 6.30. The second-order valence-electron chi connectivity index (χ2n) is 6.33. The predicted octanol–water partition coefficient (Wildman–Crippen LogP) is 5.10. The van der Waals surface area contributed by atoms with E-state index in [-0.39, 0.29) is 29.7 Å². The molecule has 0 bridgehead atoms. The maximum atomic E-state index is 13.8. The topological polar surface area (TPSA) is 85.4 Å². The Hall–Kier alpha value is -2.67. The van der Waals surface area contributed by atoms with Gasteiger partial charge in [-0.1, -0.05) is 48.0 Å². The summed E-state index contributed by atoms with van der Waals surface area (Å²) in [4.78, 5) is 14.6. The maximum absolute atomic E-state index is 13.8. The molecule has 0 saturated heterocycles. The van der Waals surface area contributed by atoms with Gasteiger partial charge in [0.1, 0.15) is 5.75 Å². The van der Waals surface area contributed by atoms with Gasteiger partial charge in [0.15, 0.2) is 5.82 Å². The largest absolute Gasteiger partial charge is 0.481 e. The fourth-order valence-corrected chi connectivity index (χ4v) is 2.93. The summed E-state index contributed by atoms with van der Waals surface area (Å²) in [5.74, 6) is -1.25. The Morgan fingerprint density at radius 1 is 1.17 bits per heavy atom. The number of aromatic nitrogens is 1. The smallest absolute Gasteiger partial charge is 0.304 e. The molecule has 1 aromatic heterocycles. The minimum Gasteiger partial charge on any atom is -0.481 e. The van der Waals surface area contributed by atoms with Crippen LogP contribution >= 0.6 is 24.0 Å². The summed E-state index contributed by atoms with van der Waals surface area (Å²) in [6, 6.07) is 15.6. The standard InChI is InChI=1S/C21H18ClFN2O3.ClH/c22-16-10-19(23)21(25-12-16)28-18-6-4-14(5-7-18)15-3-1-2-13(8-15)9-17(24)11-20(26)27;/h1-8,10,12,17H,9,11,24H2,(H,26,27);1H/t17-;/m1./s1. The van der Waals surface area contributed by atoms with Crippen LogP contribution in [-0.4, -0.2) is 22.1 Å². The van der Waals surface area contributed by atoms with Crippen molar-refractivity contribution in [2.45, 2.75) is 18.9 Å². The number of ether oxygens (including phenoxy) is 1. The minimum atomic E-state index is -0.911. The van der Waals surface area contributed by atoms with Gasteiger partial charge in [0.05, 0.1) is 11.4 Å². The Bertz CT molecular complexity index is 984. The first-order valence-corrected chi connectivity index (χ1v) is 8.94. The summed E-state index contributed by atoms with van der Waals surface area (Å²) >= 11 is 5.68. The Labute approximate surface area is 178 Å². The number of nitrogens with zero attached hydrogens (tertiary/aromatic N) is 1.